The third-order valence-corrected chi connectivity index (χ3v) is 4.68. The van der Waals surface area contributed by atoms with Crippen LogP contribution in [0.25, 0.3) is 5.78 Å². The van der Waals surface area contributed by atoms with Gasteiger partial charge in [0.05, 0.1) is 26.7 Å². The molecule has 0 fully saturated rings. The van der Waals surface area contributed by atoms with Crippen molar-refractivity contribution in [2.75, 3.05) is 20.0 Å². The molecule has 28 heavy (non-hydrogen) atoms. The van der Waals surface area contributed by atoms with Crippen LogP contribution in [0.3, 0.4) is 0 Å². The Hall–Kier alpha value is -3.36. The van der Waals surface area contributed by atoms with E-state index in [2.05, 4.69) is 20.4 Å². The fraction of sp³-hybridized carbons (Fsp3) is 0.368. The molecule has 3 aromatic rings. The molecule has 1 atom stereocenters. The van der Waals surface area contributed by atoms with E-state index >= 15 is 0 Å². The van der Waals surface area contributed by atoms with Gasteiger partial charge in [0.25, 0.3) is 5.78 Å². The Bertz CT molecular complexity index is 1030. The average molecular weight is 384 g/mol. The summed E-state index contributed by atoms with van der Waals surface area (Å²) >= 11 is 0. The van der Waals surface area contributed by atoms with E-state index < -0.39 is 0 Å². The number of methoxy groups -OCH3 is 2. The van der Waals surface area contributed by atoms with Crippen LogP contribution in [0.4, 0.5) is 5.95 Å². The number of carbonyl (C=O) groups is 1. The summed E-state index contributed by atoms with van der Waals surface area (Å²) in [5.74, 6) is 1.81. The number of nitrogens with one attached hydrogen (secondary N) is 1. The maximum atomic E-state index is 12.7. The second-order valence-corrected chi connectivity index (χ2v) is 6.52. The molecular formula is C19H24N6O3. The molecule has 1 amide bonds. The summed E-state index contributed by atoms with van der Waals surface area (Å²) in [7, 11) is 3.19. The van der Waals surface area contributed by atoms with Crippen LogP contribution in [-0.2, 0) is 11.2 Å². The van der Waals surface area contributed by atoms with E-state index in [0.717, 1.165) is 22.5 Å². The number of aromatic nitrogens is 4. The molecule has 0 unspecified atom stereocenters. The smallest absolute Gasteiger partial charge is 0.254 e. The predicted octanol–water partition coefficient (Wildman–Crippen LogP) is 1.76. The molecular weight excluding hydrogens is 360 g/mol. The molecule has 9 heteroatoms. The highest BCUT2D eigenvalue weighted by Gasteiger charge is 2.19. The van der Waals surface area contributed by atoms with Crippen LogP contribution in [0.1, 0.15) is 35.5 Å². The van der Waals surface area contributed by atoms with Crippen LogP contribution in [0.5, 0.6) is 11.5 Å². The fourth-order valence-corrected chi connectivity index (χ4v) is 3.19. The van der Waals surface area contributed by atoms with Crippen LogP contribution in [0, 0.1) is 13.8 Å². The molecule has 0 aliphatic heterocycles. The van der Waals surface area contributed by atoms with Gasteiger partial charge >= 0.3 is 0 Å². The number of fused-ring (bicyclic) bond motifs is 1. The molecule has 0 aliphatic carbocycles. The van der Waals surface area contributed by atoms with Crippen LogP contribution in [0.15, 0.2) is 18.2 Å². The molecule has 1 aromatic carbocycles. The summed E-state index contributed by atoms with van der Waals surface area (Å²) in [6.45, 7) is 5.61. The van der Waals surface area contributed by atoms with E-state index in [0.29, 0.717) is 17.3 Å². The van der Waals surface area contributed by atoms with Gasteiger partial charge in [0.2, 0.25) is 11.9 Å². The van der Waals surface area contributed by atoms with E-state index in [4.69, 9.17) is 15.2 Å². The first kappa shape index (κ1) is 19.4. The summed E-state index contributed by atoms with van der Waals surface area (Å²) in [6.07, 6.45) is 0.164. The first-order valence-corrected chi connectivity index (χ1v) is 8.83. The van der Waals surface area contributed by atoms with E-state index in [1.807, 2.05) is 39.0 Å². The number of benzene rings is 1. The maximum absolute atomic E-state index is 12.7. The van der Waals surface area contributed by atoms with Gasteiger partial charge in [-0.25, -0.2) is 4.98 Å². The first-order chi connectivity index (χ1) is 13.3. The molecule has 0 saturated heterocycles. The fourth-order valence-electron chi connectivity index (χ4n) is 3.19. The van der Waals surface area contributed by atoms with Crippen molar-refractivity contribution in [2.45, 2.75) is 33.2 Å². The lowest BCUT2D eigenvalue weighted by molar-refractivity contribution is -0.121. The number of nitrogens with two attached hydrogens (primary N) is 1. The summed E-state index contributed by atoms with van der Waals surface area (Å²) in [5, 5.41) is 7.14. The number of hydrogen-bond donors (Lipinski definition) is 2. The number of ether oxygens (including phenoxy) is 2. The summed E-state index contributed by atoms with van der Waals surface area (Å²) in [6, 6.07) is 5.22. The lowest BCUT2D eigenvalue weighted by Gasteiger charge is -2.19. The van der Waals surface area contributed by atoms with Gasteiger partial charge in [-0.2, -0.15) is 9.50 Å². The standard InChI is InChI=1S/C19H24N6O3/c1-10-14(12(3)25-19(22-10)23-18(20)24-25)9-17(26)21-11(2)15-8-13(27-4)6-7-16(15)28-5/h6-8,11H,9H2,1-5H3,(H2,20,24)(H,21,26)/t11-/m0/s1. The number of nitrogen functional groups attached to an aromatic ring is 1. The van der Waals surface area contributed by atoms with Crippen LogP contribution in [0.2, 0.25) is 0 Å². The summed E-state index contributed by atoms with van der Waals surface area (Å²) in [5.41, 5.74) is 8.79. The van der Waals surface area contributed by atoms with E-state index in [1.165, 1.54) is 0 Å². The second-order valence-electron chi connectivity index (χ2n) is 6.52. The largest absolute Gasteiger partial charge is 0.497 e. The van der Waals surface area contributed by atoms with Crippen molar-refractivity contribution < 1.29 is 14.3 Å². The lowest BCUT2D eigenvalue weighted by Crippen LogP contribution is -2.29. The van der Waals surface area contributed by atoms with Gasteiger partial charge in [-0.1, -0.05) is 0 Å². The Balaban J connectivity index is 1.82. The number of carbonyl (C=O) groups excluding carboxylic acids is 1. The second kappa shape index (κ2) is 7.71. The maximum Gasteiger partial charge on any atom is 0.254 e. The van der Waals surface area contributed by atoms with Gasteiger partial charge in [-0.15, -0.1) is 5.10 Å². The minimum absolute atomic E-state index is 0.141. The normalized spacial score (nSPS) is 12.0. The van der Waals surface area contributed by atoms with Crippen molar-refractivity contribution in [1.29, 1.82) is 0 Å². The third kappa shape index (κ3) is 3.68. The summed E-state index contributed by atoms with van der Waals surface area (Å²) in [4.78, 5) is 21.2. The number of amides is 1. The SMILES string of the molecule is COc1ccc(OC)c([C@H](C)NC(=O)Cc2c(C)nc3nc(N)nn3c2C)c1. The summed E-state index contributed by atoms with van der Waals surface area (Å²) < 4.78 is 12.2. The van der Waals surface area contributed by atoms with E-state index in [9.17, 15) is 4.79 Å². The van der Waals surface area contributed by atoms with Crippen molar-refractivity contribution >= 4 is 17.6 Å². The molecule has 0 bridgehead atoms. The minimum Gasteiger partial charge on any atom is -0.497 e. The molecule has 0 saturated carbocycles. The quantitative estimate of drug-likeness (QED) is 0.665. The van der Waals surface area contributed by atoms with Gasteiger partial charge in [-0.3, -0.25) is 4.79 Å². The minimum atomic E-state index is -0.267. The van der Waals surface area contributed by atoms with Crippen LogP contribution in [-0.4, -0.2) is 39.7 Å². The van der Waals surface area contributed by atoms with Crippen molar-refractivity contribution in [3.8, 4) is 11.5 Å². The molecule has 2 aromatic heterocycles. The molecule has 2 heterocycles. The van der Waals surface area contributed by atoms with E-state index in [-0.39, 0.29) is 24.3 Å². The molecule has 3 rings (SSSR count). The number of hydrogen-bond acceptors (Lipinski definition) is 7. The molecule has 9 nitrogen and oxygen atoms in total. The van der Waals surface area contributed by atoms with Gasteiger partial charge in [0.1, 0.15) is 11.5 Å². The van der Waals surface area contributed by atoms with Crippen molar-refractivity contribution in [2.24, 2.45) is 0 Å². The highest BCUT2D eigenvalue weighted by Crippen LogP contribution is 2.29. The zero-order valence-corrected chi connectivity index (χ0v) is 16.6. The van der Waals surface area contributed by atoms with Gasteiger partial charge in [0.15, 0.2) is 0 Å². The van der Waals surface area contributed by atoms with Crippen molar-refractivity contribution in [1.82, 2.24) is 24.9 Å². The average Bonchev–Trinajstić information content (AvgIpc) is 3.04. The third-order valence-electron chi connectivity index (χ3n) is 4.68. The Morgan fingerprint density at radius 2 is 2.00 bits per heavy atom. The Kier molecular flexibility index (Phi) is 5.34. The zero-order chi connectivity index (χ0) is 20.4. The highest BCUT2D eigenvalue weighted by atomic mass is 16.5. The van der Waals surface area contributed by atoms with Gasteiger partial charge < -0.3 is 20.5 Å². The van der Waals surface area contributed by atoms with E-state index in [1.54, 1.807) is 18.7 Å². The van der Waals surface area contributed by atoms with Gasteiger partial charge in [0, 0.05) is 22.5 Å². The molecule has 3 N–H and O–H groups in total. The number of anilines is 1. The van der Waals surface area contributed by atoms with Crippen molar-refractivity contribution in [3.63, 3.8) is 0 Å². The zero-order valence-electron chi connectivity index (χ0n) is 16.6. The molecule has 0 aliphatic rings. The highest BCUT2D eigenvalue weighted by molar-refractivity contribution is 5.79. The van der Waals surface area contributed by atoms with Crippen molar-refractivity contribution in [3.05, 3.63) is 40.7 Å². The molecule has 148 valence electrons. The monoisotopic (exact) mass is 384 g/mol. The van der Waals surface area contributed by atoms with Crippen LogP contribution < -0.4 is 20.5 Å². The topological polar surface area (TPSA) is 117 Å². The molecule has 0 radical (unpaired) electrons. The number of aryl methyl sites for hydroxylation is 2. The Morgan fingerprint density at radius 3 is 2.68 bits per heavy atom. The number of nitrogens with zero attached hydrogens (tertiary/aromatic N) is 4. The lowest BCUT2D eigenvalue weighted by atomic mass is 10.0. The first-order valence-electron chi connectivity index (χ1n) is 8.83. The molecule has 0 spiro atoms. The Labute approximate surface area is 162 Å². The van der Waals surface area contributed by atoms with Gasteiger partial charge in [-0.05, 0) is 39.0 Å². The van der Waals surface area contributed by atoms with Crippen LogP contribution >= 0.6 is 0 Å². The Morgan fingerprint density at radius 1 is 1.25 bits per heavy atom. The predicted molar refractivity (Wildman–Crippen MR) is 104 cm³/mol. The number of rotatable bonds is 6.